The summed E-state index contributed by atoms with van der Waals surface area (Å²) in [4.78, 5) is 22.9. The maximum atomic E-state index is 11.6. The molecule has 0 radical (unpaired) electrons. The fraction of sp³-hybridized carbons (Fsp3) is 0.529. The van der Waals surface area contributed by atoms with E-state index in [2.05, 4.69) is 0 Å². The van der Waals surface area contributed by atoms with E-state index in [4.69, 9.17) is 18.9 Å². The largest absolute Gasteiger partial charge is 0.462 e. The molecule has 0 fully saturated rings. The zero-order chi connectivity index (χ0) is 17.1. The minimum atomic E-state index is -0.824. The number of esters is 2. The third-order valence-electron chi connectivity index (χ3n) is 3.06. The van der Waals surface area contributed by atoms with E-state index in [0.717, 1.165) is 5.56 Å². The lowest BCUT2D eigenvalue weighted by molar-refractivity contribution is -0.214. The summed E-state index contributed by atoms with van der Waals surface area (Å²) in [6.07, 6.45) is -1.17. The van der Waals surface area contributed by atoms with Crippen molar-refractivity contribution in [2.24, 2.45) is 0 Å². The Morgan fingerprint density at radius 1 is 1.04 bits per heavy atom. The molecule has 0 bridgehead atoms. The summed E-state index contributed by atoms with van der Waals surface area (Å²) in [5.41, 5.74) is 0.959. The van der Waals surface area contributed by atoms with Gasteiger partial charge in [-0.25, -0.2) is 0 Å². The normalized spacial score (nSPS) is 13.2. The molecule has 0 spiro atoms. The Labute approximate surface area is 136 Å². The van der Waals surface area contributed by atoms with Gasteiger partial charge in [-0.05, 0) is 5.56 Å². The molecular formula is C17H24O6. The lowest BCUT2D eigenvalue weighted by Gasteiger charge is -2.25. The minimum Gasteiger partial charge on any atom is -0.462 e. The van der Waals surface area contributed by atoms with Gasteiger partial charge in [-0.1, -0.05) is 44.2 Å². The van der Waals surface area contributed by atoms with Gasteiger partial charge in [-0.3, -0.25) is 9.59 Å². The molecule has 0 saturated heterocycles. The summed E-state index contributed by atoms with van der Waals surface area (Å²) in [7, 11) is 1.45. The molecule has 2 unspecified atom stereocenters. The third kappa shape index (κ3) is 7.25. The van der Waals surface area contributed by atoms with Crippen LogP contribution in [-0.2, 0) is 35.1 Å². The SMILES string of the molecule is CCC(=O)OCC(OC(=O)CC)C(OC)OCc1ccccc1. The molecule has 0 N–H and O–H groups in total. The first-order valence-electron chi connectivity index (χ1n) is 7.64. The molecule has 2 atom stereocenters. The Morgan fingerprint density at radius 3 is 2.26 bits per heavy atom. The molecule has 23 heavy (non-hydrogen) atoms. The van der Waals surface area contributed by atoms with Crippen LogP contribution in [0.15, 0.2) is 30.3 Å². The van der Waals surface area contributed by atoms with Crippen LogP contribution in [0, 0.1) is 0 Å². The molecule has 0 aliphatic carbocycles. The van der Waals surface area contributed by atoms with E-state index in [-0.39, 0.29) is 25.4 Å². The highest BCUT2D eigenvalue weighted by atomic mass is 16.7. The van der Waals surface area contributed by atoms with E-state index in [0.29, 0.717) is 6.61 Å². The van der Waals surface area contributed by atoms with Crippen molar-refractivity contribution in [2.75, 3.05) is 13.7 Å². The summed E-state index contributed by atoms with van der Waals surface area (Å²) >= 11 is 0. The van der Waals surface area contributed by atoms with Crippen molar-refractivity contribution < 1.29 is 28.5 Å². The van der Waals surface area contributed by atoms with E-state index in [1.165, 1.54) is 7.11 Å². The molecule has 0 amide bonds. The third-order valence-corrected chi connectivity index (χ3v) is 3.06. The smallest absolute Gasteiger partial charge is 0.306 e. The number of carbonyl (C=O) groups is 2. The van der Waals surface area contributed by atoms with Gasteiger partial charge in [0.15, 0.2) is 12.4 Å². The van der Waals surface area contributed by atoms with Gasteiger partial charge >= 0.3 is 11.9 Å². The van der Waals surface area contributed by atoms with Gasteiger partial charge in [0.05, 0.1) is 6.61 Å². The number of methoxy groups -OCH3 is 1. The maximum Gasteiger partial charge on any atom is 0.306 e. The fourth-order valence-electron chi connectivity index (χ4n) is 1.78. The van der Waals surface area contributed by atoms with Crippen LogP contribution in [0.3, 0.4) is 0 Å². The molecule has 6 heteroatoms. The van der Waals surface area contributed by atoms with Crippen molar-refractivity contribution >= 4 is 11.9 Å². The number of benzene rings is 1. The molecule has 1 rings (SSSR count). The van der Waals surface area contributed by atoms with Gasteiger partial charge in [-0.2, -0.15) is 0 Å². The Balaban J connectivity index is 2.66. The second kappa shape index (κ2) is 10.7. The van der Waals surface area contributed by atoms with E-state index >= 15 is 0 Å². The lowest BCUT2D eigenvalue weighted by atomic mass is 10.2. The van der Waals surface area contributed by atoms with Crippen molar-refractivity contribution in [3.8, 4) is 0 Å². The number of hydrogen-bond acceptors (Lipinski definition) is 6. The van der Waals surface area contributed by atoms with Gasteiger partial charge in [0.1, 0.15) is 6.61 Å². The van der Waals surface area contributed by atoms with E-state index in [1.54, 1.807) is 13.8 Å². The van der Waals surface area contributed by atoms with Gasteiger partial charge < -0.3 is 18.9 Å². The second-order valence-corrected chi connectivity index (χ2v) is 4.82. The van der Waals surface area contributed by atoms with Crippen molar-refractivity contribution in [1.82, 2.24) is 0 Å². The number of hydrogen-bond donors (Lipinski definition) is 0. The molecular weight excluding hydrogens is 300 g/mol. The van der Waals surface area contributed by atoms with Gasteiger partial charge in [0, 0.05) is 20.0 Å². The molecule has 128 valence electrons. The Hall–Kier alpha value is -1.92. The van der Waals surface area contributed by atoms with Gasteiger partial charge in [0.25, 0.3) is 0 Å². The fourth-order valence-corrected chi connectivity index (χ4v) is 1.78. The summed E-state index contributed by atoms with van der Waals surface area (Å²) in [5.74, 6) is -0.784. The van der Waals surface area contributed by atoms with Crippen molar-refractivity contribution in [1.29, 1.82) is 0 Å². The summed E-state index contributed by atoms with van der Waals surface area (Å²) in [5, 5.41) is 0. The topological polar surface area (TPSA) is 71.1 Å². The number of carbonyl (C=O) groups excluding carboxylic acids is 2. The number of ether oxygens (including phenoxy) is 4. The molecule has 0 aromatic heterocycles. The maximum absolute atomic E-state index is 11.6. The zero-order valence-corrected chi connectivity index (χ0v) is 13.8. The first-order valence-corrected chi connectivity index (χ1v) is 7.64. The molecule has 0 aliphatic heterocycles. The highest BCUT2D eigenvalue weighted by molar-refractivity contribution is 5.70. The van der Waals surface area contributed by atoms with Gasteiger partial charge in [-0.15, -0.1) is 0 Å². The standard InChI is InChI=1S/C17H24O6/c1-4-15(18)21-12-14(23-16(19)5-2)17(20-3)22-11-13-9-7-6-8-10-13/h6-10,14,17H,4-5,11-12H2,1-3H3. The van der Waals surface area contributed by atoms with Crippen LogP contribution in [-0.4, -0.2) is 38.0 Å². The zero-order valence-electron chi connectivity index (χ0n) is 13.8. The van der Waals surface area contributed by atoms with Crippen molar-refractivity contribution in [3.63, 3.8) is 0 Å². The number of rotatable bonds is 10. The van der Waals surface area contributed by atoms with E-state index in [9.17, 15) is 9.59 Å². The molecule has 1 aromatic carbocycles. The van der Waals surface area contributed by atoms with E-state index < -0.39 is 18.4 Å². The summed E-state index contributed by atoms with van der Waals surface area (Å²) in [6.45, 7) is 3.56. The van der Waals surface area contributed by atoms with E-state index in [1.807, 2.05) is 30.3 Å². The van der Waals surface area contributed by atoms with Crippen LogP contribution in [0.4, 0.5) is 0 Å². The molecule has 0 aliphatic rings. The van der Waals surface area contributed by atoms with Crippen LogP contribution in [0.2, 0.25) is 0 Å². The molecule has 0 heterocycles. The first-order chi connectivity index (χ1) is 11.1. The Morgan fingerprint density at radius 2 is 1.70 bits per heavy atom. The highest BCUT2D eigenvalue weighted by Gasteiger charge is 2.27. The van der Waals surface area contributed by atoms with Crippen molar-refractivity contribution in [3.05, 3.63) is 35.9 Å². The quantitative estimate of drug-likeness (QED) is 0.486. The lowest BCUT2D eigenvalue weighted by Crippen LogP contribution is -2.39. The summed E-state index contributed by atoms with van der Waals surface area (Å²) in [6, 6.07) is 9.54. The Bertz CT molecular complexity index is 473. The minimum absolute atomic E-state index is 0.105. The van der Waals surface area contributed by atoms with Crippen LogP contribution in [0.1, 0.15) is 32.3 Å². The first kappa shape index (κ1) is 19.1. The van der Waals surface area contributed by atoms with Crippen LogP contribution >= 0.6 is 0 Å². The molecule has 0 saturated carbocycles. The van der Waals surface area contributed by atoms with Crippen molar-refractivity contribution in [2.45, 2.75) is 45.7 Å². The second-order valence-electron chi connectivity index (χ2n) is 4.82. The average Bonchev–Trinajstić information content (AvgIpc) is 2.60. The molecule has 1 aromatic rings. The predicted molar refractivity (Wildman–Crippen MR) is 83.4 cm³/mol. The predicted octanol–water partition coefficient (Wildman–Crippen LogP) is 2.45. The monoisotopic (exact) mass is 324 g/mol. The molecule has 6 nitrogen and oxygen atoms in total. The van der Waals surface area contributed by atoms with Crippen LogP contribution < -0.4 is 0 Å². The van der Waals surface area contributed by atoms with Gasteiger partial charge in [0.2, 0.25) is 0 Å². The highest BCUT2D eigenvalue weighted by Crippen LogP contribution is 2.12. The van der Waals surface area contributed by atoms with Crippen LogP contribution in [0.25, 0.3) is 0 Å². The average molecular weight is 324 g/mol. The van der Waals surface area contributed by atoms with Crippen LogP contribution in [0.5, 0.6) is 0 Å². The summed E-state index contributed by atoms with van der Waals surface area (Å²) < 4.78 is 21.2. The Kier molecular flexibility index (Phi) is 8.94.